The molecule has 0 bridgehead atoms. The van der Waals surface area contributed by atoms with Crippen molar-refractivity contribution in [2.75, 3.05) is 11.9 Å². The Morgan fingerprint density at radius 2 is 1.88 bits per heavy atom. The lowest BCUT2D eigenvalue weighted by Gasteiger charge is -2.14. The van der Waals surface area contributed by atoms with E-state index in [-0.39, 0.29) is 9.84 Å². The first-order valence-corrected chi connectivity index (χ1v) is 4.88. The average Bonchev–Trinajstić information content (AvgIpc) is 1.67. The molecule has 0 aromatic carbocycles. The summed E-state index contributed by atoms with van der Waals surface area (Å²) in [5, 5.41) is 9.49. The van der Waals surface area contributed by atoms with Crippen LogP contribution in [0.2, 0.25) is 0 Å². The van der Waals surface area contributed by atoms with Crippen LogP contribution in [0.5, 0.6) is 0 Å². The van der Waals surface area contributed by atoms with Crippen molar-refractivity contribution in [3.05, 3.63) is 0 Å². The van der Waals surface area contributed by atoms with Crippen molar-refractivity contribution in [2.45, 2.75) is 9.65 Å². The van der Waals surface area contributed by atoms with Gasteiger partial charge in [-0.3, -0.25) is 0 Å². The van der Waals surface area contributed by atoms with Gasteiger partial charge in [0, 0.05) is 5.33 Å². The van der Waals surface area contributed by atoms with Crippen molar-refractivity contribution >= 4 is 47.8 Å². The van der Waals surface area contributed by atoms with Crippen LogP contribution in [-0.4, -0.2) is 20.3 Å². The molecule has 0 atom stereocenters. The molecule has 0 aromatic heterocycles. The van der Waals surface area contributed by atoms with E-state index in [0.717, 1.165) is 11.8 Å². The van der Waals surface area contributed by atoms with Crippen molar-refractivity contribution in [3.8, 4) is 0 Å². The Morgan fingerprint density at radius 1 is 1.38 bits per heavy atom. The molecule has 0 unspecified atom stereocenters. The molecule has 0 saturated heterocycles. The van der Waals surface area contributed by atoms with Gasteiger partial charge in [-0.15, -0.1) is 0 Å². The molecule has 0 aliphatic heterocycles. The first-order valence-electron chi connectivity index (χ1n) is 2.17. The van der Waals surface area contributed by atoms with E-state index in [1.54, 1.807) is 0 Å². The molecule has 0 radical (unpaired) electrons. The second-order valence-corrected chi connectivity index (χ2v) is 6.35. The van der Waals surface area contributed by atoms with Crippen LogP contribution in [0.15, 0.2) is 0 Å². The van der Waals surface area contributed by atoms with Gasteiger partial charge in [-0.25, -0.2) is 0 Å². The molecule has 0 spiro atoms. The topological polar surface area (TPSA) is 20.2 Å². The summed E-state index contributed by atoms with van der Waals surface area (Å²) in [6, 6.07) is 0. The number of alkyl halides is 3. The minimum absolute atomic E-state index is 0.110. The zero-order chi connectivity index (χ0) is 6.62. The van der Waals surface area contributed by atoms with Gasteiger partial charge >= 0.3 is 0 Å². The Labute approximate surface area is 74.2 Å². The molecule has 0 rings (SSSR count). The summed E-state index contributed by atoms with van der Waals surface area (Å²) in [7, 11) is 0. The minimum Gasteiger partial charge on any atom is -0.394 e. The van der Waals surface area contributed by atoms with Crippen LogP contribution < -0.4 is 0 Å². The van der Waals surface area contributed by atoms with Crippen molar-refractivity contribution in [3.63, 3.8) is 0 Å². The lowest BCUT2D eigenvalue weighted by Crippen LogP contribution is -2.16. The van der Waals surface area contributed by atoms with Gasteiger partial charge in [-0.1, -0.05) is 47.8 Å². The molecule has 0 fully saturated rings. The van der Waals surface area contributed by atoms with Gasteiger partial charge in [0.05, 0.1) is 6.61 Å². The third-order valence-corrected chi connectivity index (χ3v) is 2.38. The molecule has 0 aliphatic carbocycles. The summed E-state index contributed by atoms with van der Waals surface area (Å²) in [4.78, 5) is 0. The summed E-state index contributed by atoms with van der Waals surface area (Å²) in [6.45, 7) is 0.110. The Kier molecular flexibility index (Phi) is 5.00. The van der Waals surface area contributed by atoms with Crippen LogP contribution in [-0.2, 0) is 0 Å². The molecule has 4 heteroatoms. The second-order valence-electron chi connectivity index (χ2n) is 1.45. The fourth-order valence-electron chi connectivity index (χ4n) is 0.217. The highest BCUT2D eigenvalue weighted by Crippen LogP contribution is 2.29. The maximum atomic E-state index is 8.61. The van der Waals surface area contributed by atoms with Gasteiger partial charge < -0.3 is 5.11 Å². The lowest BCUT2D eigenvalue weighted by molar-refractivity contribution is 0.287. The van der Waals surface area contributed by atoms with E-state index in [9.17, 15) is 0 Å². The molecule has 1 nitrogen and oxygen atoms in total. The Hall–Kier alpha value is 1.40. The monoisotopic (exact) mass is 308 g/mol. The fraction of sp³-hybridized carbons (Fsp3) is 1.00. The van der Waals surface area contributed by atoms with Gasteiger partial charge in [-0.05, 0) is 6.42 Å². The number of aliphatic hydroxyl groups is 1. The van der Waals surface area contributed by atoms with Gasteiger partial charge in [0.1, 0.15) is 3.23 Å². The normalized spacial score (nSPS) is 12.0. The molecule has 0 saturated carbocycles. The highest BCUT2D eigenvalue weighted by atomic mass is 79.9. The minimum atomic E-state index is -0.274. The molecule has 50 valence electrons. The van der Waals surface area contributed by atoms with Gasteiger partial charge in [0.25, 0.3) is 0 Å². The molecule has 0 amide bonds. The second kappa shape index (κ2) is 4.25. The van der Waals surface area contributed by atoms with Gasteiger partial charge in [0.2, 0.25) is 0 Å². The standard InChI is InChI=1S/C4H7Br3O/c5-2-1-4(6,7)3-8/h8H,1-3H2. The number of hydrogen-bond donors (Lipinski definition) is 1. The lowest BCUT2D eigenvalue weighted by atomic mass is 10.4. The molecule has 8 heavy (non-hydrogen) atoms. The summed E-state index contributed by atoms with van der Waals surface area (Å²) >= 11 is 9.81. The summed E-state index contributed by atoms with van der Waals surface area (Å²) in [5.41, 5.74) is 0. The van der Waals surface area contributed by atoms with Crippen LogP contribution in [0.1, 0.15) is 6.42 Å². The fourth-order valence-corrected chi connectivity index (χ4v) is 2.35. The Morgan fingerprint density at radius 3 is 2.00 bits per heavy atom. The van der Waals surface area contributed by atoms with Crippen molar-refractivity contribution in [1.29, 1.82) is 0 Å². The summed E-state index contributed by atoms with van der Waals surface area (Å²) < 4.78 is -0.274. The van der Waals surface area contributed by atoms with Crippen LogP contribution in [0.3, 0.4) is 0 Å². The maximum absolute atomic E-state index is 8.61. The quantitative estimate of drug-likeness (QED) is 0.793. The predicted molar refractivity (Wildman–Crippen MR) is 46.1 cm³/mol. The Bertz CT molecular complexity index is 64.3. The third kappa shape index (κ3) is 4.30. The maximum Gasteiger partial charge on any atom is 0.104 e. The molecular weight excluding hydrogens is 304 g/mol. The predicted octanol–water partition coefficient (Wildman–Crippen LogP) is 2.25. The zero-order valence-corrected chi connectivity index (χ0v) is 8.96. The summed E-state index contributed by atoms with van der Waals surface area (Å²) in [5.74, 6) is 0. The van der Waals surface area contributed by atoms with E-state index >= 15 is 0 Å². The molecular formula is C4H7Br3O. The first-order chi connectivity index (χ1) is 3.62. The smallest absolute Gasteiger partial charge is 0.104 e. The first kappa shape index (κ1) is 9.40. The van der Waals surface area contributed by atoms with Gasteiger partial charge in [0.15, 0.2) is 0 Å². The SMILES string of the molecule is OCC(Br)(Br)CCBr. The van der Waals surface area contributed by atoms with Gasteiger partial charge in [-0.2, -0.15) is 0 Å². The average molecular weight is 311 g/mol. The van der Waals surface area contributed by atoms with E-state index in [0.29, 0.717) is 0 Å². The number of halogens is 3. The molecule has 1 N–H and O–H groups in total. The number of rotatable bonds is 3. The van der Waals surface area contributed by atoms with Crippen LogP contribution in [0.4, 0.5) is 0 Å². The number of aliphatic hydroxyl groups excluding tert-OH is 1. The van der Waals surface area contributed by atoms with Crippen molar-refractivity contribution in [2.24, 2.45) is 0 Å². The Balaban J connectivity index is 3.37. The van der Waals surface area contributed by atoms with Crippen LogP contribution >= 0.6 is 47.8 Å². The van der Waals surface area contributed by atoms with E-state index in [4.69, 9.17) is 5.11 Å². The van der Waals surface area contributed by atoms with E-state index in [1.807, 2.05) is 0 Å². The van der Waals surface area contributed by atoms with Crippen molar-refractivity contribution < 1.29 is 5.11 Å². The van der Waals surface area contributed by atoms with E-state index in [2.05, 4.69) is 47.8 Å². The van der Waals surface area contributed by atoms with E-state index < -0.39 is 0 Å². The van der Waals surface area contributed by atoms with Crippen LogP contribution in [0, 0.1) is 0 Å². The summed E-state index contributed by atoms with van der Waals surface area (Å²) in [6.07, 6.45) is 0.865. The molecule has 0 aliphatic rings. The molecule has 0 aromatic rings. The largest absolute Gasteiger partial charge is 0.394 e. The van der Waals surface area contributed by atoms with E-state index in [1.165, 1.54) is 0 Å². The third-order valence-electron chi connectivity index (χ3n) is 0.692. The van der Waals surface area contributed by atoms with Crippen molar-refractivity contribution in [1.82, 2.24) is 0 Å². The highest BCUT2D eigenvalue weighted by molar-refractivity contribution is 9.25. The molecule has 0 heterocycles. The number of hydrogen-bond acceptors (Lipinski definition) is 1. The van der Waals surface area contributed by atoms with Crippen LogP contribution in [0.25, 0.3) is 0 Å². The zero-order valence-electron chi connectivity index (χ0n) is 4.20. The highest BCUT2D eigenvalue weighted by Gasteiger charge is 2.19.